The van der Waals surface area contributed by atoms with Gasteiger partial charge in [0.1, 0.15) is 5.39 Å². The number of hydrogen-bond donors (Lipinski definition) is 0. The van der Waals surface area contributed by atoms with E-state index in [0.717, 1.165) is 6.54 Å². The van der Waals surface area contributed by atoms with E-state index in [-0.39, 0.29) is 5.56 Å². The molecule has 2 aromatic heterocycles. The molecule has 5 heteroatoms. The highest BCUT2D eigenvalue weighted by Gasteiger charge is 2.07. The lowest BCUT2D eigenvalue weighted by Crippen LogP contribution is -2.19. The first-order valence-corrected chi connectivity index (χ1v) is 4.68. The lowest BCUT2D eigenvalue weighted by Gasteiger charge is -2.00. The van der Waals surface area contributed by atoms with Crippen LogP contribution in [0.3, 0.4) is 0 Å². The van der Waals surface area contributed by atoms with Crippen molar-refractivity contribution in [2.75, 3.05) is 0 Å². The van der Waals surface area contributed by atoms with Crippen LogP contribution < -0.4 is 5.56 Å². The number of hydrogen-bond acceptors (Lipinski definition) is 3. The molecule has 0 N–H and O–H groups in total. The average molecular weight is 192 g/mol. The summed E-state index contributed by atoms with van der Waals surface area (Å²) in [5.41, 5.74) is 0.652. The van der Waals surface area contributed by atoms with Crippen LogP contribution in [-0.2, 0) is 13.1 Å². The Labute approximate surface area is 81.0 Å². The number of aromatic nitrogens is 4. The molecule has 74 valence electrons. The molecule has 0 saturated carbocycles. The zero-order valence-electron chi connectivity index (χ0n) is 8.27. The molecule has 0 fully saturated rings. The van der Waals surface area contributed by atoms with Gasteiger partial charge in [-0.2, -0.15) is 5.10 Å². The molecule has 2 heterocycles. The zero-order valence-corrected chi connectivity index (χ0v) is 8.27. The van der Waals surface area contributed by atoms with Gasteiger partial charge in [0.25, 0.3) is 5.56 Å². The monoisotopic (exact) mass is 192 g/mol. The number of aryl methyl sites for hydroxylation is 2. The van der Waals surface area contributed by atoms with Gasteiger partial charge in [-0.3, -0.25) is 9.36 Å². The normalized spacial score (nSPS) is 11.0. The highest BCUT2D eigenvalue weighted by molar-refractivity contribution is 5.72. The third-order valence-corrected chi connectivity index (χ3v) is 2.26. The Bertz CT molecular complexity index is 511. The molecule has 0 aliphatic rings. The highest BCUT2D eigenvalue weighted by Crippen LogP contribution is 2.04. The molecule has 0 amide bonds. The van der Waals surface area contributed by atoms with Crippen LogP contribution in [0.4, 0.5) is 0 Å². The SMILES string of the molecule is CCn1cnc2c(cnn2CC)c1=O. The van der Waals surface area contributed by atoms with E-state index in [2.05, 4.69) is 10.1 Å². The molecular formula is C9H12N4O. The predicted octanol–water partition coefficient (Wildman–Crippen LogP) is 0.633. The van der Waals surface area contributed by atoms with Crippen molar-refractivity contribution in [2.45, 2.75) is 26.9 Å². The van der Waals surface area contributed by atoms with E-state index in [4.69, 9.17) is 0 Å². The van der Waals surface area contributed by atoms with E-state index in [1.54, 1.807) is 21.8 Å². The molecule has 2 rings (SSSR count). The van der Waals surface area contributed by atoms with Crippen molar-refractivity contribution in [3.63, 3.8) is 0 Å². The van der Waals surface area contributed by atoms with Crippen molar-refractivity contribution in [2.24, 2.45) is 0 Å². The largest absolute Gasteiger partial charge is 0.299 e. The maximum absolute atomic E-state index is 11.8. The number of rotatable bonds is 2. The predicted molar refractivity (Wildman–Crippen MR) is 53.1 cm³/mol. The molecule has 0 saturated heterocycles. The summed E-state index contributed by atoms with van der Waals surface area (Å²) in [5.74, 6) is 0. The fourth-order valence-corrected chi connectivity index (χ4v) is 1.45. The topological polar surface area (TPSA) is 52.7 Å². The van der Waals surface area contributed by atoms with Crippen LogP contribution >= 0.6 is 0 Å². The average Bonchev–Trinajstić information content (AvgIpc) is 2.62. The second kappa shape index (κ2) is 3.25. The Morgan fingerprint density at radius 3 is 2.79 bits per heavy atom. The molecule has 0 unspecified atom stereocenters. The van der Waals surface area contributed by atoms with Gasteiger partial charge in [-0.25, -0.2) is 9.67 Å². The maximum Gasteiger partial charge on any atom is 0.264 e. The molecule has 0 aliphatic heterocycles. The Morgan fingerprint density at radius 2 is 2.14 bits per heavy atom. The summed E-state index contributed by atoms with van der Waals surface area (Å²) in [5, 5.41) is 4.68. The molecule has 2 aromatic rings. The minimum absolute atomic E-state index is 0.0165. The Balaban J connectivity index is 2.79. The second-order valence-corrected chi connectivity index (χ2v) is 3.03. The van der Waals surface area contributed by atoms with Gasteiger partial charge in [0.05, 0.1) is 12.5 Å². The molecule has 0 bridgehead atoms. The van der Waals surface area contributed by atoms with Gasteiger partial charge in [-0.1, -0.05) is 0 Å². The van der Waals surface area contributed by atoms with Gasteiger partial charge in [0, 0.05) is 13.1 Å². The van der Waals surface area contributed by atoms with Crippen LogP contribution in [-0.4, -0.2) is 19.3 Å². The summed E-state index contributed by atoms with van der Waals surface area (Å²) in [6, 6.07) is 0. The third kappa shape index (κ3) is 1.13. The van der Waals surface area contributed by atoms with E-state index >= 15 is 0 Å². The highest BCUT2D eigenvalue weighted by atomic mass is 16.1. The molecule has 0 spiro atoms. The smallest absolute Gasteiger partial charge is 0.264 e. The first kappa shape index (κ1) is 8.93. The van der Waals surface area contributed by atoms with Crippen LogP contribution in [0.15, 0.2) is 17.3 Å². The Hall–Kier alpha value is -1.65. The Kier molecular flexibility index (Phi) is 2.07. The summed E-state index contributed by atoms with van der Waals surface area (Å²) >= 11 is 0. The summed E-state index contributed by atoms with van der Waals surface area (Å²) < 4.78 is 3.29. The van der Waals surface area contributed by atoms with Gasteiger partial charge in [-0.15, -0.1) is 0 Å². The van der Waals surface area contributed by atoms with Crippen LogP contribution in [0.2, 0.25) is 0 Å². The van der Waals surface area contributed by atoms with Gasteiger partial charge < -0.3 is 0 Å². The van der Waals surface area contributed by atoms with Gasteiger partial charge in [0.15, 0.2) is 5.65 Å². The second-order valence-electron chi connectivity index (χ2n) is 3.03. The summed E-state index contributed by atoms with van der Waals surface area (Å²) in [4.78, 5) is 16.0. The van der Waals surface area contributed by atoms with Crippen LogP contribution in [0.5, 0.6) is 0 Å². The molecule has 0 aromatic carbocycles. The maximum atomic E-state index is 11.8. The molecule has 0 aliphatic carbocycles. The third-order valence-electron chi connectivity index (χ3n) is 2.26. The van der Waals surface area contributed by atoms with E-state index in [1.807, 2.05) is 13.8 Å². The number of nitrogens with zero attached hydrogens (tertiary/aromatic N) is 4. The minimum Gasteiger partial charge on any atom is -0.299 e. The van der Waals surface area contributed by atoms with Gasteiger partial charge in [0.2, 0.25) is 0 Å². The lowest BCUT2D eigenvalue weighted by atomic mass is 10.4. The molecule has 0 atom stereocenters. The number of fused-ring (bicyclic) bond motifs is 1. The van der Waals surface area contributed by atoms with Crippen molar-refractivity contribution in [1.82, 2.24) is 19.3 Å². The molecular weight excluding hydrogens is 180 g/mol. The molecule has 0 radical (unpaired) electrons. The van der Waals surface area contributed by atoms with Crippen molar-refractivity contribution >= 4 is 11.0 Å². The Morgan fingerprint density at radius 1 is 1.36 bits per heavy atom. The fourth-order valence-electron chi connectivity index (χ4n) is 1.45. The first-order valence-electron chi connectivity index (χ1n) is 4.68. The van der Waals surface area contributed by atoms with E-state index < -0.39 is 0 Å². The summed E-state index contributed by atoms with van der Waals surface area (Å²) in [6.45, 7) is 5.25. The van der Waals surface area contributed by atoms with E-state index in [9.17, 15) is 4.79 Å². The zero-order chi connectivity index (χ0) is 10.1. The summed E-state index contributed by atoms with van der Waals surface area (Å²) in [7, 11) is 0. The molecule has 5 nitrogen and oxygen atoms in total. The van der Waals surface area contributed by atoms with Crippen molar-refractivity contribution in [3.05, 3.63) is 22.9 Å². The van der Waals surface area contributed by atoms with Crippen LogP contribution in [0.1, 0.15) is 13.8 Å². The van der Waals surface area contributed by atoms with Crippen molar-refractivity contribution in [1.29, 1.82) is 0 Å². The molecule has 14 heavy (non-hydrogen) atoms. The fraction of sp³-hybridized carbons (Fsp3) is 0.444. The van der Waals surface area contributed by atoms with Gasteiger partial charge in [-0.05, 0) is 13.8 Å². The quantitative estimate of drug-likeness (QED) is 0.701. The van der Waals surface area contributed by atoms with Crippen molar-refractivity contribution in [3.8, 4) is 0 Å². The first-order chi connectivity index (χ1) is 6.77. The van der Waals surface area contributed by atoms with E-state index in [0.29, 0.717) is 17.6 Å². The van der Waals surface area contributed by atoms with Gasteiger partial charge >= 0.3 is 0 Å². The summed E-state index contributed by atoms with van der Waals surface area (Å²) in [6.07, 6.45) is 3.15. The lowest BCUT2D eigenvalue weighted by molar-refractivity contribution is 0.669. The van der Waals surface area contributed by atoms with Crippen LogP contribution in [0.25, 0.3) is 11.0 Å². The standard InChI is InChI=1S/C9H12N4O/c1-3-12-6-10-8-7(9(12)14)5-11-13(8)4-2/h5-6H,3-4H2,1-2H3. The van der Waals surface area contributed by atoms with Crippen LogP contribution in [0, 0.1) is 0 Å². The van der Waals surface area contributed by atoms with Crippen molar-refractivity contribution < 1.29 is 0 Å². The minimum atomic E-state index is -0.0165. The van der Waals surface area contributed by atoms with E-state index in [1.165, 1.54) is 0 Å².